The van der Waals surface area contributed by atoms with Crippen LogP contribution in [0.15, 0.2) is 18.2 Å². The van der Waals surface area contributed by atoms with Crippen LogP contribution in [-0.4, -0.2) is 30.6 Å². The Balaban J connectivity index is 1.43. The molecule has 0 aliphatic heterocycles. The standard InChI is InChI=1S/C20H24O5/c1-24-15-2-3-17(21)16(7-15)19(23)25-11-18(22)20-8-12-4-13(9-20)6-14(5-12)10-20/h2-3,7,12-14,21H,4-6,8-11H2,1H3. The van der Waals surface area contributed by atoms with Gasteiger partial charge in [0.2, 0.25) is 0 Å². The fourth-order valence-electron chi connectivity index (χ4n) is 5.62. The van der Waals surface area contributed by atoms with Gasteiger partial charge < -0.3 is 14.6 Å². The number of methoxy groups -OCH3 is 1. The zero-order chi connectivity index (χ0) is 17.6. The van der Waals surface area contributed by atoms with Crippen LogP contribution in [0.25, 0.3) is 0 Å². The Morgan fingerprint density at radius 1 is 1.12 bits per heavy atom. The summed E-state index contributed by atoms with van der Waals surface area (Å²) in [5.74, 6) is 1.68. The Bertz CT molecular complexity index is 673. The molecule has 5 heteroatoms. The van der Waals surface area contributed by atoms with Crippen LogP contribution < -0.4 is 4.74 Å². The van der Waals surface area contributed by atoms with Crippen molar-refractivity contribution < 1.29 is 24.2 Å². The van der Waals surface area contributed by atoms with Crippen LogP contribution in [0.1, 0.15) is 48.9 Å². The molecule has 1 aromatic carbocycles. The van der Waals surface area contributed by atoms with Gasteiger partial charge in [0.15, 0.2) is 12.4 Å². The van der Waals surface area contributed by atoms with E-state index in [1.807, 2.05) is 0 Å². The van der Waals surface area contributed by atoms with Gasteiger partial charge in [-0.25, -0.2) is 4.79 Å². The number of hydrogen-bond donors (Lipinski definition) is 1. The lowest BCUT2D eigenvalue weighted by atomic mass is 9.48. The summed E-state index contributed by atoms with van der Waals surface area (Å²) in [5.41, 5.74) is -0.247. The van der Waals surface area contributed by atoms with E-state index in [4.69, 9.17) is 9.47 Å². The smallest absolute Gasteiger partial charge is 0.342 e. The van der Waals surface area contributed by atoms with Crippen molar-refractivity contribution in [2.75, 3.05) is 13.7 Å². The lowest BCUT2D eigenvalue weighted by Gasteiger charge is -2.55. The van der Waals surface area contributed by atoms with Gasteiger partial charge in [0.05, 0.1) is 7.11 Å². The lowest BCUT2D eigenvalue weighted by molar-refractivity contribution is -0.147. The van der Waals surface area contributed by atoms with E-state index < -0.39 is 5.97 Å². The molecule has 4 saturated carbocycles. The topological polar surface area (TPSA) is 72.8 Å². The molecule has 25 heavy (non-hydrogen) atoms. The number of carbonyl (C=O) groups excluding carboxylic acids is 2. The minimum atomic E-state index is -0.686. The molecule has 0 aromatic heterocycles. The summed E-state index contributed by atoms with van der Waals surface area (Å²) in [6, 6.07) is 4.37. The summed E-state index contributed by atoms with van der Waals surface area (Å²) in [5, 5.41) is 9.85. The Kier molecular flexibility index (Phi) is 3.97. The third-order valence-corrected chi connectivity index (χ3v) is 6.39. The van der Waals surface area contributed by atoms with Gasteiger partial charge in [0.25, 0.3) is 0 Å². The first-order chi connectivity index (χ1) is 12.0. The Hall–Kier alpha value is -2.04. The zero-order valence-corrected chi connectivity index (χ0v) is 14.5. The second kappa shape index (κ2) is 6.04. The fourth-order valence-corrected chi connectivity index (χ4v) is 5.62. The molecule has 0 atom stereocenters. The van der Waals surface area contributed by atoms with Gasteiger partial charge in [-0.3, -0.25) is 4.79 Å². The summed E-state index contributed by atoms with van der Waals surface area (Å²) in [4.78, 5) is 25.2. The van der Waals surface area contributed by atoms with E-state index in [1.165, 1.54) is 38.5 Å². The number of carbonyl (C=O) groups is 2. The second-order valence-electron chi connectivity index (χ2n) is 8.08. The Morgan fingerprint density at radius 3 is 2.28 bits per heavy atom. The predicted molar refractivity (Wildman–Crippen MR) is 90.6 cm³/mol. The molecule has 4 aliphatic carbocycles. The molecule has 134 valence electrons. The molecule has 1 aromatic rings. The van der Waals surface area contributed by atoms with E-state index in [0.29, 0.717) is 23.5 Å². The number of phenols is 1. The highest BCUT2D eigenvalue weighted by atomic mass is 16.5. The molecule has 0 unspecified atom stereocenters. The van der Waals surface area contributed by atoms with Crippen LogP contribution >= 0.6 is 0 Å². The van der Waals surface area contributed by atoms with Crippen molar-refractivity contribution >= 4 is 11.8 Å². The molecule has 4 fully saturated rings. The van der Waals surface area contributed by atoms with E-state index in [2.05, 4.69) is 0 Å². The van der Waals surface area contributed by atoms with Gasteiger partial charge in [-0.05, 0) is 74.5 Å². The van der Waals surface area contributed by atoms with Crippen LogP contribution in [0.4, 0.5) is 0 Å². The predicted octanol–water partition coefficient (Wildman–Crippen LogP) is 3.34. The quantitative estimate of drug-likeness (QED) is 0.829. The van der Waals surface area contributed by atoms with Crippen molar-refractivity contribution in [2.24, 2.45) is 23.2 Å². The molecular weight excluding hydrogens is 320 g/mol. The van der Waals surface area contributed by atoms with Crippen molar-refractivity contribution in [1.29, 1.82) is 0 Å². The van der Waals surface area contributed by atoms with E-state index in [0.717, 1.165) is 19.3 Å². The Labute approximate surface area is 147 Å². The first-order valence-electron chi connectivity index (χ1n) is 9.06. The third-order valence-electron chi connectivity index (χ3n) is 6.39. The second-order valence-corrected chi connectivity index (χ2v) is 8.08. The van der Waals surface area contributed by atoms with E-state index in [9.17, 15) is 14.7 Å². The molecule has 1 N–H and O–H groups in total. The average Bonchev–Trinajstić information content (AvgIpc) is 2.58. The number of Topliss-reactive ketones (excluding diaryl/α,β-unsaturated/α-hetero) is 1. The number of phenolic OH excluding ortho intramolecular Hbond substituents is 1. The van der Waals surface area contributed by atoms with Crippen LogP contribution in [0.3, 0.4) is 0 Å². The maximum Gasteiger partial charge on any atom is 0.342 e. The van der Waals surface area contributed by atoms with Gasteiger partial charge >= 0.3 is 5.97 Å². The van der Waals surface area contributed by atoms with Gasteiger partial charge in [-0.2, -0.15) is 0 Å². The maximum atomic E-state index is 12.9. The van der Waals surface area contributed by atoms with Crippen molar-refractivity contribution in [2.45, 2.75) is 38.5 Å². The highest BCUT2D eigenvalue weighted by molar-refractivity contribution is 5.95. The highest BCUT2D eigenvalue weighted by Gasteiger charge is 2.54. The minimum absolute atomic E-state index is 0.0256. The molecule has 0 amide bonds. The number of hydrogen-bond acceptors (Lipinski definition) is 5. The molecule has 0 radical (unpaired) electrons. The molecule has 0 spiro atoms. The lowest BCUT2D eigenvalue weighted by Crippen LogP contribution is -2.51. The van der Waals surface area contributed by atoms with Crippen LogP contribution in [0.5, 0.6) is 11.5 Å². The first-order valence-corrected chi connectivity index (χ1v) is 9.06. The number of aromatic hydroxyl groups is 1. The molecule has 0 heterocycles. The summed E-state index contributed by atoms with van der Waals surface area (Å²) >= 11 is 0. The number of ether oxygens (including phenoxy) is 2. The summed E-state index contributed by atoms with van der Waals surface area (Å²) in [6.07, 6.45) is 6.68. The van der Waals surface area contributed by atoms with Crippen molar-refractivity contribution in [3.05, 3.63) is 23.8 Å². The number of ketones is 1. The summed E-state index contributed by atoms with van der Waals surface area (Å²) < 4.78 is 10.3. The van der Waals surface area contributed by atoms with Crippen molar-refractivity contribution in [1.82, 2.24) is 0 Å². The first kappa shape index (κ1) is 16.4. The van der Waals surface area contributed by atoms with Crippen molar-refractivity contribution in [3.63, 3.8) is 0 Å². The van der Waals surface area contributed by atoms with E-state index in [-0.39, 0.29) is 29.1 Å². The summed E-state index contributed by atoms with van der Waals surface area (Å²) in [6.45, 7) is -0.207. The normalized spacial score (nSPS) is 32.4. The molecule has 5 nitrogen and oxygen atoms in total. The van der Waals surface area contributed by atoms with Gasteiger partial charge in [0.1, 0.15) is 17.1 Å². The van der Waals surface area contributed by atoms with E-state index in [1.54, 1.807) is 6.07 Å². The van der Waals surface area contributed by atoms with Crippen LogP contribution in [0, 0.1) is 23.2 Å². The fraction of sp³-hybridized carbons (Fsp3) is 0.600. The summed E-state index contributed by atoms with van der Waals surface area (Å²) in [7, 11) is 1.48. The van der Waals surface area contributed by atoms with E-state index >= 15 is 0 Å². The maximum absolute atomic E-state index is 12.9. The van der Waals surface area contributed by atoms with Gasteiger partial charge in [-0.15, -0.1) is 0 Å². The number of rotatable bonds is 5. The Morgan fingerprint density at radius 2 is 1.72 bits per heavy atom. The van der Waals surface area contributed by atoms with Gasteiger partial charge in [0, 0.05) is 5.41 Å². The average molecular weight is 344 g/mol. The largest absolute Gasteiger partial charge is 0.507 e. The van der Waals surface area contributed by atoms with Crippen LogP contribution in [0.2, 0.25) is 0 Å². The SMILES string of the molecule is COc1ccc(O)c(C(=O)OCC(=O)C23CC4CC(CC(C4)C2)C3)c1. The monoisotopic (exact) mass is 344 g/mol. The van der Waals surface area contributed by atoms with Gasteiger partial charge in [-0.1, -0.05) is 0 Å². The number of benzene rings is 1. The highest BCUT2D eigenvalue weighted by Crippen LogP contribution is 2.60. The van der Waals surface area contributed by atoms with Crippen LogP contribution in [-0.2, 0) is 9.53 Å². The van der Waals surface area contributed by atoms with Crippen molar-refractivity contribution in [3.8, 4) is 11.5 Å². The molecule has 0 saturated heterocycles. The molecule has 4 aliphatic rings. The molecular formula is C20H24O5. The zero-order valence-electron chi connectivity index (χ0n) is 14.5. The molecule has 5 rings (SSSR count). The third kappa shape index (κ3) is 2.90. The molecule has 4 bridgehead atoms. The minimum Gasteiger partial charge on any atom is -0.507 e. The number of esters is 1.